The SMILES string of the molecule is CCNC(=S)NN=Cc1cc(OC)c(O)c(OC)c1. The first-order valence-electron chi connectivity index (χ1n) is 5.64. The smallest absolute Gasteiger partial charge is 0.200 e. The maximum absolute atomic E-state index is 9.76. The molecular formula is C12H17N3O3S. The molecular weight excluding hydrogens is 266 g/mol. The van der Waals surface area contributed by atoms with Gasteiger partial charge in [-0.05, 0) is 31.3 Å². The molecule has 0 radical (unpaired) electrons. The number of phenolic OH excluding ortho intramolecular Hbond substituents is 1. The lowest BCUT2D eigenvalue weighted by atomic mass is 10.2. The lowest BCUT2D eigenvalue weighted by Crippen LogP contribution is -2.31. The molecule has 0 saturated carbocycles. The highest BCUT2D eigenvalue weighted by atomic mass is 32.1. The van der Waals surface area contributed by atoms with E-state index in [0.717, 1.165) is 6.54 Å². The first-order chi connectivity index (χ1) is 9.12. The quantitative estimate of drug-likeness (QED) is 0.429. The van der Waals surface area contributed by atoms with E-state index < -0.39 is 0 Å². The van der Waals surface area contributed by atoms with Gasteiger partial charge in [-0.2, -0.15) is 5.10 Å². The minimum Gasteiger partial charge on any atom is -0.502 e. The van der Waals surface area contributed by atoms with Crippen LogP contribution < -0.4 is 20.2 Å². The zero-order valence-corrected chi connectivity index (χ0v) is 11.9. The van der Waals surface area contributed by atoms with E-state index in [1.54, 1.807) is 18.3 Å². The summed E-state index contributed by atoms with van der Waals surface area (Å²) in [5, 5.41) is 17.1. The van der Waals surface area contributed by atoms with Gasteiger partial charge in [-0.1, -0.05) is 0 Å². The van der Waals surface area contributed by atoms with E-state index in [1.165, 1.54) is 14.2 Å². The highest BCUT2D eigenvalue weighted by Gasteiger charge is 2.10. The second kappa shape index (κ2) is 7.42. The van der Waals surface area contributed by atoms with Gasteiger partial charge in [-0.25, -0.2) is 0 Å². The molecule has 0 bridgehead atoms. The zero-order chi connectivity index (χ0) is 14.3. The van der Waals surface area contributed by atoms with Crippen LogP contribution in [0.4, 0.5) is 0 Å². The topological polar surface area (TPSA) is 75.1 Å². The molecule has 104 valence electrons. The van der Waals surface area contributed by atoms with Crippen LogP contribution in [0, 0.1) is 0 Å². The molecule has 19 heavy (non-hydrogen) atoms. The molecule has 7 heteroatoms. The Morgan fingerprint density at radius 2 is 1.95 bits per heavy atom. The number of hydrogen-bond donors (Lipinski definition) is 3. The molecule has 0 unspecified atom stereocenters. The van der Waals surface area contributed by atoms with Crippen molar-refractivity contribution in [3.05, 3.63) is 17.7 Å². The van der Waals surface area contributed by atoms with Gasteiger partial charge < -0.3 is 19.9 Å². The number of nitrogens with one attached hydrogen (secondary N) is 2. The van der Waals surface area contributed by atoms with Crippen molar-refractivity contribution >= 4 is 23.5 Å². The van der Waals surface area contributed by atoms with Gasteiger partial charge in [0.2, 0.25) is 5.75 Å². The zero-order valence-electron chi connectivity index (χ0n) is 11.1. The number of methoxy groups -OCH3 is 2. The fourth-order valence-electron chi connectivity index (χ4n) is 1.35. The van der Waals surface area contributed by atoms with Crippen LogP contribution in [0.15, 0.2) is 17.2 Å². The Balaban J connectivity index is 2.83. The van der Waals surface area contributed by atoms with Crippen molar-refractivity contribution in [2.24, 2.45) is 5.10 Å². The Morgan fingerprint density at radius 3 is 2.42 bits per heavy atom. The first kappa shape index (κ1) is 15.0. The van der Waals surface area contributed by atoms with Gasteiger partial charge >= 0.3 is 0 Å². The Kier molecular flexibility index (Phi) is 5.87. The van der Waals surface area contributed by atoms with Crippen LogP contribution in [0.5, 0.6) is 17.2 Å². The number of ether oxygens (including phenoxy) is 2. The second-order valence-electron chi connectivity index (χ2n) is 3.50. The number of nitrogens with zero attached hydrogens (tertiary/aromatic N) is 1. The molecule has 0 fully saturated rings. The van der Waals surface area contributed by atoms with Gasteiger partial charge in [0, 0.05) is 12.1 Å². The number of hydrazone groups is 1. The number of hydrogen-bond acceptors (Lipinski definition) is 5. The molecule has 0 saturated heterocycles. The third-order valence-electron chi connectivity index (χ3n) is 2.22. The first-order valence-corrected chi connectivity index (χ1v) is 6.05. The molecule has 0 aliphatic heterocycles. The van der Waals surface area contributed by atoms with Crippen molar-refractivity contribution in [2.75, 3.05) is 20.8 Å². The molecule has 0 amide bonds. The summed E-state index contributed by atoms with van der Waals surface area (Å²) in [6.07, 6.45) is 1.55. The third kappa shape index (κ3) is 4.29. The number of thiocarbonyl (C=S) groups is 1. The van der Waals surface area contributed by atoms with Crippen molar-refractivity contribution < 1.29 is 14.6 Å². The van der Waals surface area contributed by atoms with Crippen molar-refractivity contribution in [1.82, 2.24) is 10.7 Å². The van der Waals surface area contributed by atoms with Crippen molar-refractivity contribution in [3.8, 4) is 17.2 Å². The maximum Gasteiger partial charge on any atom is 0.200 e. The molecule has 3 N–H and O–H groups in total. The Morgan fingerprint density at radius 1 is 1.37 bits per heavy atom. The van der Waals surface area contributed by atoms with Gasteiger partial charge in [0.25, 0.3) is 0 Å². The van der Waals surface area contributed by atoms with Crippen LogP contribution in [0.3, 0.4) is 0 Å². The summed E-state index contributed by atoms with van der Waals surface area (Å²) < 4.78 is 10.1. The molecule has 6 nitrogen and oxygen atoms in total. The van der Waals surface area contributed by atoms with E-state index in [1.807, 2.05) is 6.92 Å². The molecule has 0 heterocycles. The van der Waals surface area contributed by atoms with Crippen molar-refractivity contribution in [2.45, 2.75) is 6.92 Å². The summed E-state index contributed by atoms with van der Waals surface area (Å²) >= 11 is 4.96. The summed E-state index contributed by atoms with van der Waals surface area (Å²) in [6.45, 7) is 2.66. The fourth-order valence-corrected chi connectivity index (χ4v) is 1.55. The largest absolute Gasteiger partial charge is 0.502 e. The summed E-state index contributed by atoms with van der Waals surface area (Å²) in [4.78, 5) is 0. The molecule has 0 atom stereocenters. The van der Waals surface area contributed by atoms with Crippen LogP contribution in [-0.4, -0.2) is 37.2 Å². The highest BCUT2D eigenvalue weighted by molar-refractivity contribution is 7.80. The Bertz CT molecular complexity index is 452. The molecule has 0 spiro atoms. The standard InChI is InChI=1S/C12H17N3O3S/c1-4-13-12(19)15-14-7-8-5-9(17-2)11(16)10(6-8)18-3/h5-7,16H,4H2,1-3H3,(H2,13,15,19). The molecule has 1 rings (SSSR count). The third-order valence-corrected chi connectivity index (χ3v) is 2.45. The van der Waals surface area contributed by atoms with Crippen LogP contribution >= 0.6 is 12.2 Å². The average molecular weight is 283 g/mol. The van der Waals surface area contributed by atoms with Crippen LogP contribution in [0.2, 0.25) is 0 Å². The van der Waals surface area contributed by atoms with E-state index in [-0.39, 0.29) is 5.75 Å². The second-order valence-corrected chi connectivity index (χ2v) is 3.91. The van der Waals surface area contributed by atoms with E-state index in [4.69, 9.17) is 21.7 Å². The summed E-state index contributed by atoms with van der Waals surface area (Å²) in [5.74, 6) is 0.586. The molecule has 1 aromatic rings. The molecule has 0 aliphatic carbocycles. The summed E-state index contributed by atoms with van der Waals surface area (Å²) in [6, 6.07) is 3.28. The van der Waals surface area contributed by atoms with Crippen molar-refractivity contribution in [1.29, 1.82) is 0 Å². The predicted octanol–water partition coefficient (Wildman–Crippen LogP) is 1.23. The van der Waals surface area contributed by atoms with E-state index >= 15 is 0 Å². The molecule has 0 aliphatic rings. The predicted molar refractivity (Wildman–Crippen MR) is 78.2 cm³/mol. The van der Waals surface area contributed by atoms with E-state index in [0.29, 0.717) is 22.2 Å². The van der Waals surface area contributed by atoms with Gasteiger partial charge in [0.1, 0.15) is 0 Å². The normalized spacial score (nSPS) is 10.3. The number of phenols is 1. The average Bonchev–Trinajstić information content (AvgIpc) is 2.40. The highest BCUT2D eigenvalue weighted by Crippen LogP contribution is 2.36. The van der Waals surface area contributed by atoms with Gasteiger partial charge in [-0.3, -0.25) is 5.43 Å². The molecule has 0 aromatic heterocycles. The lowest BCUT2D eigenvalue weighted by molar-refractivity contribution is 0.340. The Labute approximate surface area is 117 Å². The lowest BCUT2D eigenvalue weighted by Gasteiger charge is -2.09. The minimum absolute atomic E-state index is 0.0433. The van der Waals surface area contributed by atoms with Gasteiger partial charge in [0.05, 0.1) is 20.4 Å². The van der Waals surface area contributed by atoms with E-state index in [2.05, 4.69) is 15.8 Å². The maximum atomic E-state index is 9.76. The molecule has 1 aromatic carbocycles. The summed E-state index contributed by atoms with van der Waals surface area (Å²) in [7, 11) is 2.93. The monoisotopic (exact) mass is 283 g/mol. The number of aromatic hydroxyl groups is 1. The van der Waals surface area contributed by atoms with Gasteiger partial charge in [-0.15, -0.1) is 0 Å². The van der Waals surface area contributed by atoms with Crippen molar-refractivity contribution in [3.63, 3.8) is 0 Å². The van der Waals surface area contributed by atoms with Crippen LogP contribution in [0.1, 0.15) is 12.5 Å². The van der Waals surface area contributed by atoms with Crippen LogP contribution in [-0.2, 0) is 0 Å². The van der Waals surface area contributed by atoms with E-state index in [9.17, 15) is 5.11 Å². The Hall–Kier alpha value is -2.02. The van der Waals surface area contributed by atoms with Gasteiger partial charge in [0.15, 0.2) is 16.6 Å². The van der Waals surface area contributed by atoms with Crippen LogP contribution in [0.25, 0.3) is 0 Å². The summed E-state index contributed by atoms with van der Waals surface area (Å²) in [5.41, 5.74) is 3.37. The fraction of sp³-hybridized carbons (Fsp3) is 0.333. The number of benzene rings is 1. The number of rotatable bonds is 5. The minimum atomic E-state index is -0.0433.